The van der Waals surface area contributed by atoms with Crippen molar-refractivity contribution in [3.8, 4) is 0 Å². The van der Waals surface area contributed by atoms with Gasteiger partial charge < -0.3 is 5.11 Å². The number of rotatable bonds is 6. The molecular formula is C14H17NO9S4. The average molecular weight is 472 g/mol. The molecule has 1 aromatic heterocycles. The first-order valence-electron chi connectivity index (χ1n) is 7.32. The van der Waals surface area contributed by atoms with Crippen LogP contribution in [-0.2, 0) is 46.1 Å². The van der Waals surface area contributed by atoms with Crippen molar-refractivity contribution in [1.29, 1.82) is 0 Å². The fourth-order valence-electron chi connectivity index (χ4n) is 2.43. The van der Waals surface area contributed by atoms with Crippen molar-refractivity contribution in [2.45, 2.75) is 26.2 Å². The third-order valence-electron chi connectivity index (χ3n) is 3.69. The van der Waals surface area contributed by atoms with Crippen molar-refractivity contribution in [2.24, 2.45) is 0 Å². The van der Waals surface area contributed by atoms with E-state index in [1.165, 1.54) is 12.1 Å². The number of aliphatic hydroxyl groups excluding tert-OH is 1. The van der Waals surface area contributed by atoms with Crippen molar-refractivity contribution in [2.75, 3.05) is 18.8 Å². The number of hydrogen-bond acceptors (Lipinski definition) is 9. The molecule has 0 aliphatic carbocycles. The van der Waals surface area contributed by atoms with E-state index >= 15 is 0 Å². The van der Waals surface area contributed by atoms with Crippen LogP contribution in [0.5, 0.6) is 0 Å². The zero-order chi connectivity index (χ0) is 21.7. The molecular weight excluding hydrogens is 454 g/mol. The van der Waals surface area contributed by atoms with E-state index in [-0.39, 0.29) is 5.69 Å². The molecule has 0 radical (unpaired) electrons. The van der Waals surface area contributed by atoms with Gasteiger partial charge in [0.1, 0.15) is 4.90 Å². The van der Waals surface area contributed by atoms with Crippen LogP contribution in [0.25, 0.3) is 0 Å². The van der Waals surface area contributed by atoms with Gasteiger partial charge in [-0.1, -0.05) is 0 Å². The molecule has 1 aromatic carbocycles. The lowest BCUT2D eigenvalue weighted by Gasteiger charge is -2.17. The molecule has 0 unspecified atom stereocenters. The van der Waals surface area contributed by atoms with E-state index in [0.717, 1.165) is 12.5 Å². The lowest BCUT2D eigenvalue weighted by atomic mass is 10.3. The predicted molar refractivity (Wildman–Crippen MR) is 98.7 cm³/mol. The summed E-state index contributed by atoms with van der Waals surface area (Å²) >= 11 is 0. The van der Waals surface area contributed by atoms with Crippen molar-refractivity contribution in [1.82, 2.24) is 3.97 Å². The van der Waals surface area contributed by atoms with Gasteiger partial charge in [-0.25, -0.2) is 37.6 Å². The summed E-state index contributed by atoms with van der Waals surface area (Å²) in [6, 6.07) is 3.71. The molecule has 14 heteroatoms. The van der Waals surface area contributed by atoms with Gasteiger partial charge in [-0.2, -0.15) is 0 Å². The molecule has 1 N–H and O–H groups in total. The molecule has 0 bridgehead atoms. The maximum atomic E-state index is 13.1. The maximum absolute atomic E-state index is 13.1. The van der Waals surface area contributed by atoms with Crippen molar-refractivity contribution >= 4 is 39.5 Å². The molecule has 2 aromatic rings. The number of aliphatic hydroxyl groups is 1. The molecule has 0 aliphatic rings. The first kappa shape index (κ1) is 22.5. The van der Waals surface area contributed by atoms with E-state index in [4.69, 9.17) is 0 Å². The van der Waals surface area contributed by atoms with Crippen molar-refractivity contribution < 1.29 is 38.8 Å². The Kier molecular flexibility index (Phi) is 5.59. The Balaban J connectivity index is 3.19. The first-order chi connectivity index (χ1) is 12.5. The van der Waals surface area contributed by atoms with Crippen LogP contribution in [0.2, 0.25) is 0 Å². The highest BCUT2D eigenvalue weighted by Gasteiger charge is 2.35. The highest BCUT2D eigenvalue weighted by atomic mass is 32.2. The number of aromatic nitrogens is 1. The van der Waals surface area contributed by atoms with E-state index in [2.05, 4.69) is 0 Å². The highest BCUT2D eigenvalue weighted by Crippen LogP contribution is 2.33. The second-order valence-corrected chi connectivity index (χ2v) is 13.8. The second-order valence-electron chi connectivity index (χ2n) is 6.02. The Hall–Kier alpha value is -1.74. The van der Waals surface area contributed by atoms with E-state index < -0.39 is 65.7 Å². The summed E-state index contributed by atoms with van der Waals surface area (Å²) in [7, 11) is -17.6. The Morgan fingerprint density at radius 3 is 1.64 bits per heavy atom. The molecule has 0 fully saturated rings. The zero-order valence-corrected chi connectivity index (χ0v) is 18.2. The minimum absolute atomic E-state index is 0.147. The summed E-state index contributed by atoms with van der Waals surface area (Å²) < 4.78 is 99.7. The number of sulfone groups is 3. The third-order valence-corrected chi connectivity index (χ3v) is 9.12. The van der Waals surface area contributed by atoms with Gasteiger partial charge in [0.25, 0.3) is 10.0 Å². The SMILES string of the molecule is CS(=O)(=O)c1cc(S(C)(=O)=O)c(S(=O)(=O)n2cccc2CO)c(S(C)(=O)=O)c1. The molecule has 28 heavy (non-hydrogen) atoms. The summed E-state index contributed by atoms with van der Waals surface area (Å²) in [5, 5.41) is 9.33. The van der Waals surface area contributed by atoms with E-state index in [1.807, 2.05) is 0 Å². The van der Waals surface area contributed by atoms with Crippen molar-refractivity contribution in [3.05, 3.63) is 36.2 Å². The lowest BCUT2D eigenvalue weighted by molar-refractivity contribution is 0.275. The molecule has 0 spiro atoms. The summed E-state index contributed by atoms with van der Waals surface area (Å²) in [6.45, 7) is -0.726. The fourth-order valence-corrected chi connectivity index (χ4v) is 7.90. The topological polar surface area (TPSA) is 162 Å². The fraction of sp³-hybridized carbons (Fsp3) is 0.286. The first-order valence-corrected chi connectivity index (χ1v) is 14.4. The van der Waals surface area contributed by atoms with E-state index in [0.29, 0.717) is 28.6 Å². The van der Waals surface area contributed by atoms with Crippen LogP contribution in [0.3, 0.4) is 0 Å². The van der Waals surface area contributed by atoms with E-state index in [9.17, 15) is 38.8 Å². The Labute approximate surface area is 163 Å². The van der Waals surface area contributed by atoms with Crippen molar-refractivity contribution in [3.63, 3.8) is 0 Å². The van der Waals surface area contributed by atoms with Crippen LogP contribution < -0.4 is 0 Å². The van der Waals surface area contributed by atoms with Crippen LogP contribution >= 0.6 is 0 Å². The highest BCUT2D eigenvalue weighted by molar-refractivity contribution is 7.95. The van der Waals surface area contributed by atoms with Crippen LogP contribution in [0.4, 0.5) is 0 Å². The van der Waals surface area contributed by atoms with Crippen LogP contribution in [0.15, 0.2) is 50.0 Å². The molecule has 2 rings (SSSR count). The van der Waals surface area contributed by atoms with Gasteiger partial charge in [0.05, 0.1) is 27.0 Å². The number of hydrogen-bond donors (Lipinski definition) is 1. The van der Waals surface area contributed by atoms with Crippen LogP contribution in [0.1, 0.15) is 5.69 Å². The molecule has 10 nitrogen and oxygen atoms in total. The Bertz CT molecular complexity index is 1310. The standard InChI is InChI=1S/C14H17NO9S4/c1-25(17,18)11-7-12(26(2,19)20)14(13(8-11)27(3,21)22)28(23,24)15-6-4-5-10(15)9-16/h4-8,16H,9H2,1-3H3. The van der Waals surface area contributed by atoms with Gasteiger partial charge in [-0.05, 0) is 24.3 Å². The molecule has 156 valence electrons. The minimum Gasteiger partial charge on any atom is -0.390 e. The number of nitrogens with zero attached hydrogens (tertiary/aromatic N) is 1. The summed E-state index contributed by atoms with van der Waals surface area (Å²) in [5.74, 6) is 0. The Morgan fingerprint density at radius 2 is 1.29 bits per heavy atom. The molecule has 0 aliphatic heterocycles. The average Bonchev–Trinajstić information content (AvgIpc) is 3.00. The molecule has 0 saturated carbocycles. The number of benzene rings is 1. The van der Waals surface area contributed by atoms with Crippen LogP contribution in [-0.4, -0.2) is 61.5 Å². The summed E-state index contributed by atoms with van der Waals surface area (Å²) in [6.07, 6.45) is 2.98. The van der Waals surface area contributed by atoms with Gasteiger partial charge in [0.2, 0.25) is 0 Å². The van der Waals surface area contributed by atoms with Crippen LogP contribution in [0, 0.1) is 0 Å². The summed E-state index contributed by atoms with van der Waals surface area (Å²) in [4.78, 5) is -3.71. The smallest absolute Gasteiger partial charge is 0.270 e. The molecule has 0 amide bonds. The molecule has 1 heterocycles. The predicted octanol–water partition coefficient (Wildman–Crippen LogP) is -0.572. The van der Waals surface area contributed by atoms with Gasteiger partial charge in [-0.15, -0.1) is 0 Å². The van der Waals surface area contributed by atoms with Gasteiger partial charge in [0.15, 0.2) is 29.5 Å². The van der Waals surface area contributed by atoms with Gasteiger partial charge in [-0.3, -0.25) is 0 Å². The molecule has 0 atom stereocenters. The monoisotopic (exact) mass is 471 g/mol. The van der Waals surface area contributed by atoms with Gasteiger partial charge >= 0.3 is 0 Å². The lowest BCUT2D eigenvalue weighted by Crippen LogP contribution is -2.22. The van der Waals surface area contributed by atoms with E-state index in [1.54, 1.807) is 0 Å². The summed E-state index contributed by atoms with van der Waals surface area (Å²) in [5.41, 5.74) is -0.147. The second kappa shape index (κ2) is 6.95. The Morgan fingerprint density at radius 1 is 0.821 bits per heavy atom. The maximum Gasteiger partial charge on any atom is 0.270 e. The molecule has 0 saturated heterocycles. The minimum atomic E-state index is -4.82. The third kappa shape index (κ3) is 4.15. The largest absolute Gasteiger partial charge is 0.390 e. The van der Waals surface area contributed by atoms with Gasteiger partial charge in [0, 0.05) is 25.0 Å². The quantitative estimate of drug-likeness (QED) is 0.581. The zero-order valence-electron chi connectivity index (χ0n) is 14.9. The normalized spacial score (nSPS) is 13.6.